The molecule has 3 heterocycles. The smallest absolute Gasteiger partial charge is 0.255 e. The largest absolute Gasteiger partial charge is 0.322 e. The van der Waals surface area contributed by atoms with Crippen LogP contribution < -0.4 is 5.32 Å². The highest BCUT2D eigenvalue weighted by Crippen LogP contribution is 2.36. The van der Waals surface area contributed by atoms with Crippen molar-refractivity contribution in [3.8, 4) is 6.07 Å². The first-order chi connectivity index (χ1) is 17.6. The molecule has 9 nitrogen and oxygen atoms in total. The van der Waals surface area contributed by atoms with E-state index in [4.69, 9.17) is 0 Å². The quantitative estimate of drug-likeness (QED) is 0.612. The molecule has 0 radical (unpaired) electrons. The molecule has 37 heavy (non-hydrogen) atoms. The summed E-state index contributed by atoms with van der Waals surface area (Å²) in [6.07, 6.45) is 1.12. The first-order valence-corrected chi connectivity index (χ1v) is 13.5. The third kappa shape index (κ3) is 4.40. The molecule has 1 atom stereocenters. The average Bonchev–Trinajstić information content (AvgIpc) is 3.18. The summed E-state index contributed by atoms with van der Waals surface area (Å²) in [7, 11) is -3.88. The zero-order valence-electron chi connectivity index (χ0n) is 20.2. The van der Waals surface area contributed by atoms with E-state index in [-0.39, 0.29) is 60.3 Å². The minimum Gasteiger partial charge on any atom is -0.322 e. The number of amides is 3. The van der Waals surface area contributed by atoms with Gasteiger partial charge in [0.15, 0.2) is 0 Å². The molecule has 2 fully saturated rings. The molecule has 0 aromatic heterocycles. The van der Waals surface area contributed by atoms with Gasteiger partial charge in [0.25, 0.3) is 5.91 Å². The number of aryl methyl sites for hydroxylation is 1. The number of rotatable bonds is 4. The van der Waals surface area contributed by atoms with Crippen molar-refractivity contribution >= 4 is 27.7 Å². The Balaban J connectivity index is 1.32. The van der Waals surface area contributed by atoms with Crippen LogP contribution in [0.3, 0.4) is 0 Å². The van der Waals surface area contributed by atoms with Crippen LogP contribution in [0.15, 0.2) is 35.2 Å². The summed E-state index contributed by atoms with van der Waals surface area (Å²) in [5.41, 5.74) is 2.11. The molecule has 0 saturated carbocycles. The fourth-order valence-corrected chi connectivity index (χ4v) is 7.02. The summed E-state index contributed by atoms with van der Waals surface area (Å²) in [6, 6.07) is 8.66. The third-order valence-electron chi connectivity index (χ3n) is 7.41. The Hall–Kier alpha value is -3.62. The van der Waals surface area contributed by atoms with Crippen molar-refractivity contribution in [1.29, 1.82) is 5.26 Å². The van der Waals surface area contributed by atoms with Gasteiger partial charge in [-0.1, -0.05) is 12.1 Å². The maximum atomic E-state index is 15.2. The van der Waals surface area contributed by atoms with Crippen molar-refractivity contribution in [1.82, 2.24) is 14.5 Å². The molecule has 3 amide bonds. The molecule has 3 aliphatic rings. The molecular weight excluding hydrogens is 499 g/mol. The number of benzene rings is 2. The normalized spacial score (nSPS) is 21.1. The van der Waals surface area contributed by atoms with Gasteiger partial charge in [0.1, 0.15) is 17.9 Å². The number of imide groups is 1. The highest BCUT2D eigenvalue weighted by atomic mass is 32.2. The number of nitrogens with zero attached hydrogens (tertiary/aromatic N) is 3. The molecule has 0 spiro atoms. The summed E-state index contributed by atoms with van der Waals surface area (Å²) in [5.74, 6) is -2.13. The van der Waals surface area contributed by atoms with Crippen LogP contribution in [0.1, 0.15) is 64.2 Å². The van der Waals surface area contributed by atoms with Crippen molar-refractivity contribution in [2.75, 3.05) is 13.1 Å². The van der Waals surface area contributed by atoms with Gasteiger partial charge in [-0.05, 0) is 67.0 Å². The van der Waals surface area contributed by atoms with Crippen LogP contribution in [0.25, 0.3) is 0 Å². The number of halogens is 1. The Bertz CT molecular complexity index is 1470. The van der Waals surface area contributed by atoms with Crippen molar-refractivity contribution in [2.24, 2.45) is 0 Å². The van der Waals surface area contributed by atoms with Crippen LogP contribution in [0, 0.1) is 24.1 Å². The second kappa shape index (κ2) is 9.36. The molecule has 5 rings (SSSR count). The van der Waals surface area contributed by atoms with Crippen LogP contribution in [-0.4, -0.2) is 54.5 Å². The number of carbonyl (C=O) groups is 3. The third-order valence-corrected chi connectivity index (χ3v) is 9.36. The van der Waals surface area contributed by atoms with Crippen LogP contribution in [-0.2, 0) is 26.2 Å². The second-order valence-corrected chi connectivity index (χ2v) is 11.6. The fourth-order valence-electron chi connectivity index (χ4n) is 5.42. The maximum Gasteiger partial charge on any atom is 0.255 e. The number of piperidine rings is 2. The van der Waals surface area contributed by atoms with Gasteiger partial charge in [0.2, 0.25) is 21.8 Å². The molecule has 2 aromatic carbocycles. The highest BCUT2D eigenvalue weighted by molar-refractivity contribution is 7.89. The van der Waals surface area contributed by atoms with Crippen molar-refractivity contribution in [3.63, 3.8) is 0 Å². The predicted octanol–water partition coefficient (Wildman–Crippen LogP) is 2.34. The van der Waals surface area contributed by atoms with Crippen molar-refractivity contribution in [3.05, 3.63) is 64.0 Å². The topological polar surface area (TPSA) is 128 Å². The molecular formula is C26H25FN4O5S. The van der Waals surface area contributed by atoms with Crippen LogP contribution >= 0.6 is 0 Å². The summed E-state index contributed by atoms with van der Waals surface area (Å²) < 4.78 is 42.9. The van der Waals surface area contributed by atoms with Crippen molar-refractivity contribution < 1.29 is 27.2 Å². The van der Waals surface area contributed by atoms with E-state index >= 15 is 4.39 Å². The minimum atomic E-state index is -3.88. The summed E-state index contributed by atoms with van der Waals surface area (Å²) >= 11 is 0. The van der Waals surface area contributed by atoms with E-state index < -0.39 is 33.7 Å². The molecule has 2 saturated heterocycles. The Morgan fingerprint density at radius 3 is 2.49 bits per heavy atom. The van der Waals surface area contributed by atoms with Gasteiger partial charge in [0, 0.05) is 31.6 Å². The Kier molecular flexibility index (Phi) is 6.33. The zero-order chi connectivity index (χ0) is 26.5. The Morgan fingerprint density at radius 1 is 1.08 bits per heavy atom. The minimum absolute atomic E-state index is 0.0326. The average molecular weight is 525 g/mol. The number of fused-ring (bicyclic) bond motifs is 1. The van der Waals surface area contributed by atoms with Crippen molar-refractivity contribution in [2.45, 2.75) is 56.0 Å². The summed E-state index contributed by atoms with van der Waals surface area (Å²) in [4.78, 5) is 38.0. The van der Waals surface area contributed by atoms with Gasteiger partial charge >= 0.3 is 0 Å². The van der Waals surface area contributed by atoms with E-state index in [0.29, 0.717) is 24.0 Å². The molecule has 0 bridgehead atoms. The van der Waals surface area contributed by atoms with E-state index in [0.717, 1.165) is 5.56 Å². The Labute approximate surface area is 213 Å². The Morgan fingerprint density at radius 2 is 1.81 bits per heavy atom. The first-order valence-electron chi connectivity index (χ1n) is 12.1. The second-order valence-electron chi connectivity index (χ2n) is 9.72. The van der Waals surface area contributed by atoms with Gasteiger partial charge in [-0.3, -0.25) is 19.7 Å². The SMILES string of the molecule is Cc1ccc(S(=O)(=O)N2CCC(c3cc4c(cc3F)C(=O)N(C3CCC(=O)NC3=O)C4)CC2)c(C#N)c1. The zero-order valence-corrected chi connectivity index (χ0v) is 21.0. The monoisotopic (exact) mass is 524 g/mol. The standard InChI is InChI=1S/C26H25FN4O5S/c1-15-2-4-23(17(10-15)13-28)37(35,36)30-8-6-16(7-9-30)19-11-18-14-31(26(34)20(18)12-21(19)27)22-3-5-24(32)29-25(22)33/h2,4,10-12,16,22H,3,5-9,14H2,1H3,(H,29,32,33). The van der Waals surface area contributed by atoms with Gasteiger partial charge in [-0.25, -0.2) is 12.8 Å². The number of carbonyl (C=O) groups excluding carboxylic acids is 3. The van der Waals surface area contributed by atoms with Gasteiger partial charge in [0.05, 0.1) is 10.5 Å². The first kappa shape index (κ1) is 25.0. The molecule has 3 aliphatic heterocycles. The number of nitriles is 1. The summed E-state index contributed by atoms with van der Waals surface area (Å²) in [5, 5.41) is 11.7. The van der Waals surface area contributed by atoms with E-state index in [1.807, 2.05) is 6.07 Å². The number of hydrogen-bond acceptors (Lipinski definition) is 6. The van der Waals surface area contributed by atoms with Gasteiger partial charge in [-0.2, -0.15) is 9.57 Å². The number of sulfonamides is 1. The van der Waals surface area contributed by atoms with Crippen LogP contribution in [0.5, 0.6) is 0 Å². The lowest BCUT2D eigenvalue weighted by Gasteiger charge is -2.32. The molecule has 11 heteroatoms. The lowest BCUT2D eigenvalue weighted by molar-refractivity contribution is -0.136. The van der Waals surface area contributed by atoms with Crippen LogP contribution in [0.2, 0.25) is 0 Å². The van der Waals surface area contributed by atoms with E-state index in [2.05, 4.69) is 5.32 Å². The van der Waals surface area contributed by atoms with Crippen LogP contribution in [0.4, 0.5) is 4.39 Å². The summed E-state index contributed by atoms with van der Waals surface area (Å²) in [6.45, 7) is 2.27. The van der Waals surface area contributed by atoms with Gasteiger partial charge in [-0.15, -0.1) is 0 Å². The molecule has 192 valence electrons. The molecule has 1 N–H and O–H groups in total. The molecule has 1 unspecified atom stereocenters. The fraction of sp³-hybridized carbons (Fsp3) is 0.385. The number of nitrogens with one attached hydrogen (secondary N) is 1. The van der Waals surface area contributed by atoms with E-state index in [1.54, 1.807) is 25.1 Å². The highest BCUT2D eigenvalue weighted by Gasteiger charge is 2.40. The van der Waals surface area contributed by atoms with E-state index in [1.165, 1.54) is 21.3 Å². The molecule has 2 aromatic rings. The lowest BCUT2D eigenvalue weighted by Crippen LogP contribution is -2.52. The predicted molar refractivity (Wildman–Crippen MR) is 129 cm³/mol. The molecule has 0 aliphatic carbocycles. The maximum absolute atomic E-state index is 15.2. The van der Waals surface area contributed by atoms with E-state index in [9.17, 15) is 28.1 Å². The van der Waals surface area contributed by atoms with Gasteiger partial charge < -0.3 is 4.90 Å². The number of hydrogen-bond donors (Lipinski definition) is 1. The lowest BCUT2D eigenvalue weighted by atomic mass is 9.88.